The summed E-state index contributed by atoms with van der Waals surface area (Å²) in [5.41, 5.74) is 2.42. The number of carbonyl (C=O) groups excluding carboxylic acids is 1. The van der Waals surface area contributed by atoms with Gasteiger partial charge in [-0.15, -0.1) is 0 Å². The molecule has 0 spiro atoms. The molecule has 0 saturated heterocycles. The molecule has 100 valence electrons. The molecule has 7 heteroatoms. The fourth-order valence-corrected chi connectivity index (χ4v) is 1.04. The summed E-state index contributed by atoms with van der Waals surface area (Å²) in [6, 6.07) is 0. The van der Waals surface area contributed by atoms with Crippen LogP contribution in [0.15, 0.2) is 4.99 Å². The zero-order valence-electron chi connectivity index (χ0n) is 10.6. The fraction of sp³-hybridized carbons (Fsp3) is 0.800. The maximum Gasteiger partial charge on any atom is 0.241 e. The minimum Gasteiger partial charge on any atom is -0.383 e. The van der Waals surface area contributed by atoms with Crippen molar-refractivity contribution >= 4 is 11.9 Å². The lowest BCUT2D eigenvalue weighted by Gasteiger charge is -2.08. The van der Waals surface area contributed by atoms with Gasteiger partial charge in [0.2, 0.25) is 11.9 Å². The van der Waals surface area contributed by atoms with Crippen molar-refractivity contribution in [3.63, 3.8) is 0 Å². The minimum absolute atomic E-state index is 0.0440. The number of aliphatic imine (C=N–C) groups is 1. The third kappa shape index (κ3) is 9.58. The first-order valence-electron chi connectivity index (χ1n) is 5.75. The molecule has 0 aromatic rings. The summed E-state index contributed by atoms with van der Waals surface area (Å²) in [4.78, 5) is 15.3. The van der Waals surface area contributed by atoms with Crippen molar-refractivity contribution in [1.82, 2.24) is 16.1 Å². The molecule has 1 amide bonds. The van der Waals surface area contributed by atoms with Crippen LogP contribution in [0.3, 0.4) is 0 Å². The first-order valence-corrected chi connectivity index (χ1v) is 5.75. The normalized spacial score (nSPS) is 11.1. The smallest absolute Gasteiger partial charge is 0.241 e. The number of hydrogen-bond acceptors (Lipinski definition) is 4. The molecule has 0 rings (SSSR count). The lowest BCUT2D eigenvalue weighted by atomic mass is 10.3. The zero-order chi connectivity index (χ0) is 12.9. The molecule has 0 unspecified atom stereocenters. The van der Waals surface area contributed by atoms with Gasteiger partial charge in [-0.1, -0.05) is 13.3 Å². The van der Waals surface area contributed by atoms with Crippen LogP contribution >= 0.6 is 0 Å². The van der Waals surface area contributed by atoms with Crippen LogP contribution in [0.2, 0.25) is 0 Å². The Bertz CT molecular complexity index is 233. The van der Waals surface area contributed by atoms with E-state index in [9.17, 15) is 4.79 Å². The fourth-order valence-electron chi connectivity index (χ4n) is 1.04. The average Bonchev–Trinajstić information content (AvgIpc) is 2.34. The van der Waals surface area contributed by atoms with E-state index >= 15 is 0 Å². The number of unbranched alkanes of at least 4 members (excludes halogenated alkanes) is 1. The van der Waals surface area contributed by atoms with Gasteiger partial charge in [0, 0.05) is 20.2 Å². The van der Waals surface area contributed by atoms with E-state index < -0.39 is 0 Å². The molecule has 0 heterocycles. The first kappa shape index (κ1) is 15.7. The highest BCUT2D eigenvalue weighted by molar-refractivity contribution is 5.84. The van der Waals surface area contributed by atoms with Crippen LogP contribution in [0.1, 0.15) is 19.8 Å². The highest BCUT2D eigenvalue weighted by atomic mass is 16.5. The number of amides is 1. The molecule has 5 N–H and O–H groups in total. The minimum atomic E-state index is -0.160. The molecule has 0 bridgehead atoms. The molecule has 17 heavy (non-hydrogen) atoms. The maximum atomic E-state index is 11.3. The molecular formula is C10H23N5O2. The van der Waals surface area contributed by atoms with E-state index in [1.54, 1.807) is 7.11 Å². The van der Waals surface area contributed by atoms with Crippen LogP contribution in [-0.2, 0) is 9.53 Å². The standard InChI is InChI=1S/C10H23N5O2/c1-3-4-5-13-10(15-11)14-8-9(16)12-6-7-17-2/h3-8,11H2,1-2H3,(H,12,16)(H2,13,14,15). The number of hydrogen-bond donors (Lipinski definition) is 4. The van der Waals surface area contributed by atoms with Gasteiger partial charge in [-0.3, -0.25) is 10.2 Å². The number of ether oxygens (including phenoxy) is 1. The highest BCUT2D eigenvalue weighted by Gasteiger charge is 2.00. The third-order valence-electron chi connectivity index (χ3n) is 1.97. The van der Waals surface area contributed by atoms with Gasteiger partial charge in [0.15, 0.2) is 0 Å². The second-order valence-electron chi connectivity index (χ2n) is 3.43. The molecule has 0 aliphatic carbocycles. The summed E-state index contributed by atoms with van der Waals surface area (Å²) in [7, 11) is 1.58. The van der Waals surface area contributed by atoms with Crippen LogP contribution in [-0.4, -0.2) is 45.2 Å². The van der Waals surface area contributed by atoms with Crippen LogP contribution in [0.5, 0.6) is 0 Å². The van der Waals surface area contributed by atoms with Gasteiger partial charge in [-0.05, 0) is 6.42 Å². The second-order valence-corrected chi connectivity index (χ2v) is 3.43. The number of guanidine groups is 1. The zero-order valence-corrected chi connectivity index (χ0v) is 10.6. The molecule has 0 radical (unpaired) electrons. The lowest BCUT2D eigenvalue weighted by molar-refractivity contribution is -0.119. The summed E-state index contributed by atoms with van der Waals surface area (Å²) in [5.74, 6) is 5.54. The topological polar surface area (TPSA) is 101 Å². The predicted molar refractivity (Wildman–Crippen MR) is 67.4 cm³/mol. The van der Waals surface area contributed by atoms with E-state index in [2.05, 4.69) is 28.0 Å². The third-order valence-corrected chi connectivity index (χ3v) is 1.97. The number of nitrogens with two attached hydrogens (primary N) is 1. The van der Waals surface area contributed by atoms with E-state index in [1.165, 1.54) is 0 Å². The van der Waals surface area contributed by atoms with Crippen molar-refractivity contribution in [1.29, 1.82) is 0 Å². The van der Waals surface area contributed by atoms with Crippen LogP contribution in [0.25, 0.3) is 0 Å². The number of nitrogens with zero attached hydrogens (tertiary/aromatic N) is 1. The monoisotopic (exact) mass is 245 g/mol. The Morgan fingerprint density at radius 2 is 2.12 bits per heavy atom. The molecule has 0 aromatic carbocycles. The van der Waals surface area contributed by atoms with E-state index in [0.717, 1.165) is 19.4 Å². The Morgan fingerprint density at radius 1 is 1.35 bits per heavy atom. The van der Waals surface area contributed by atoms with Crippen LogP contribution < -0.4 is 21.9 Å². The van der Waals surface area contributed by atoms with Gasteiger partial charge in [0.05, 0.1) is 6.61 Å². The lowest BCUT2D eigenvalue weighted by Crippen LogP contribution is -2.42. The molecule has 0 aliphatic rings. The quantitative estimate of drug-likeness (QED) is 0.144. The van der Waals surface area contributed by atoms with Crippen molar-refractivity contribution in [3.8, 4) is 0 Å². The number of carbonyl (C=O) groups is 1. The largest absolute Gasteiger partial charge is 0.383 e. The van der Waals surface area contributed by atoms with Crippen molar-refractivity contribution in [3.05, 3.63) is 0 Å². The average molecular weight is 245 g/mol. The van der Waals surface area contributed by atoms with Crippen molar-refractivity contribution < 1.29 is 9.53 Å². The Hall–Kier alpha value is -1.34. The van der Waals surface area contributed by atoms with Crippen LogP contribution in [0.4, 0.5) is 0 Å². The van der Waals surface area contributed by atoms with Crippen molar-refractivity contribution in [2.75, 3.05) is 33.4 Å². The number of methoxy groups -OCH3 is 1. The van der Waals surface area contributed by atoms with E-state index in [4.69, 9.17) is 10.6 Å². The number of rotatable bonds is 8. The summed E-state index contributed by atoms with van der Waals surface area (Å²) in [6.07, 6.45) is 2.11. The number of nitrogens with one attached hydrogen (secondary N) is 3. The summed E-state index contributed by atoms with van der Waals surface area (Å²) in [6.45, 7) is 3.90. The second kappa shape index (κ2) is 11.2. The molecule has 0 atom stereocenters. The van der Waals surface area contributed by atoms with Gasteiger partial charge in [-0.25, -0.2) is 10.8 Å². The summed E-state index contributed by atoms with van der Waals surface area (Å²) >= 11 is 0. The molecule has 0 aliphatic heterocycles. The van der Waals surface area contributed by atoms with Gasteiger partial charge in [0.25, 0.3) is 0 Å². The van der Waals surface area contributed by atoms with E-state index in [0.29, 0.717) is 19.1 Å². The Balaban J connectivity index is 3.79. The first-order chi connectivity index (χ1) is 8.24. The molecule has 0 fully saturated rings. The molecule has 0 aromatic heterocycles. The molecular weight excluding hydrogens is 222 g/mol. The van der Waals surface area contributed by atoms with Gasteiger partial charge >= 0.3 is 0 Å². The number of hydrazine groups is 1. The van der Waals surface area contributed by atoms with Crippen molar-refractivity contribution in [2.24, 2.45) is 10.8 Å². The SMILES string of the molecule is CCCCNC(=NCC(=O)NCCOC)NN. The predicted octanol–water partition coefficient (Wildman–Crippen LogP) is -1.04. The van der Waals surface area contributed by atoms with Gasteiger partial charge in [0.1, 0.15) is 6.54 Å². The van der Waals surface area contributed by atoms with E-state index in [-0.39, 0.29) is 12.5 Å². The Labute approximate surface area is 102 Å². The maximum absolute atomic E-state index is 11.3. The summed E-state index contributed by atoms with van der Waals surface area (Å²) in [5, 5.41) is 5.67. The van der Waals surface area contributed by atoms with Gasteiger partial charge in [-0.2, -0.15) is 0 Å². The molecule has 7 nitrogen and oxygen atoms in total. The summed E-state index contributed by atoms with van der Waals surface area (Å²) < 4.78 is 4.81. The Morgan fingerprint density at radius 3 is 2.71 bits per heavy atom. The Kier molecular flexibility index (Phi) is 10.3. The van der Waals surface area contributed by atoms with E-state index in [1.807, 2.05) is 0 Å². The van der Waals surface area contributed by atoms with Crippen molar-refractivity contribution in [2.45, 2.75) is 19.8 Å². The van der Waals surface area contributed by atoms with Crippen LogP contribution in [0, 0.1) is 0 Å². The highest BCUT2D eigenvalue weighted by Crippen LogP contribution is 1.82. The van der Waals surface area contributed by atoms with Gasteiger partial charge < -0.3 is 15.4 Å². The molecule has 0 saturated carbocycles.